The molecule has 20 heavy (non-hydrogen) atoms. The van der Waals surface area contributed by atoms with E-state index in [0.29, 0.717) is 0 Å². The van der Waals surface area contributed by atoms with Gasteiger partial charge in [0, 0.05) is 0 Å². The molecule has 0 amide bonds. The highest BCUT2D eigenvalue weighted by molar-refractivity contribution is 7.63. The van der Waals surface area contributed by atoms with Crippen LogP contribution in [0, 0.1) is 35.5 Å². The molecule has 9 heteroatoms. The summed E-state index contributed by atoms with van der Waals surface area (Å²) in [7, 11) is -2.67. The Morgan fingerprint density at radius 1 is 1.10 bits per heavy atom. The van der Waals surface area contributed by atoms with Gasteiger partial charge in [-0.15, -0.1) is 5.21 Å². The molecule has 0 saturated heterocycles. The van der Waals surface area contributed by atoms with Crippen molar-refractivity contribution in [2.45, 2.75) is 20.8 Å². The molecule has 0 spiro atoms. The van der Waals surface area contributed by atoms with E-state index in [2.05, 4.69) is 44.1 Å². The molecule has 0 aliphatic carbocycles. The molecule has 0 aliphatic heterocycles. The Morgan fingerprint density at radius 3 is 1.85 bits per heavy atom. The van der Waals surface area contributed by atoms with E-state index in [9.17, 15) is 18.5 Å². The fraction of sp³-hybridized carbons (Fsp3) is 0.273. The molecule has 2 aromatic rings. The number of aromatic nitrogens is 3. The van der Waals surface area contributed by atoms with E-state index in [1.807, 2.05) is 10.3 Å². The third-order valence-electron chi connectivity index (χ3n) is 2.24. The molecule has 0 fully saturated rings. The van der Waals surface area contributed by atoms with Gasteiger partial charge in [0.1, 0.15) is 0 Å². The van der Waals surface area contributed by atoms with Crippen LogP contribution in [0.25, 0.3) is 0 Å². The lowest BCUT2D eigenvalue weighted by Crippen LogP contribution is -1.88. The third-order valence-corrected chi connectivity index (χ3v) is 2.86. The average Bonchev–Trinajstić information content (AvgIpc) is 2.76. The van der Waals surface area contributed by atoms with Gasteiger partial charge < -0.3 is 10.1 Å². The largest absolute Gasteiger partial charge is 0.430 e. The minimum absolute atomic E-state index is 0.560. The molecule has 0 aliphatic rings. The molecule has 0 bridgehead atoms. The zero-order valence-corrected chi connectivity index (χ0v) is 12.0. The van der Waals surface area contributed by atoms with E-state index in [1.165, 1.54) is 16.7 Å². The van der Waals surface area contributed by atoms with Gasteiger partial charge in [0.05, 0.1) is 5.10 Å². The summed E-state index contributed by atoms with van der Waals surface area (Å²) in [4.78, 5) is 9.11. The first-order valence-corrected chi connectivity index (χ1v) is 6.63. The molecule has 2 N–H and O–H groups in total. The quantitative estimate of drug-likeness (QED) is 0.471. The summed E-state index contributed by atoms with van der Waals surface area (Å²) in [6, 6.07) is 6.56. The van der Waals surface area contributed by atoms with Crippen LogP contribution in [-0.2, 0) is 10.3 Å². The van der Waals surface area contributed by atoms with Crippen molar-refractivity contribution in [3.8, 4) is 0 Å². The molecule has 2 rings (SSSR count). The maximum atomic E-state index is 10.2. The van der Waals surface area contributed by atoms with Crippen LogP contribution >= 0.6 is 0 Å². The minimum Gasteiger partial charge on any atom is -0.358 e. The van der Waals surface area contributed by atoms with Crippen molar-refractivity contribution >= 4 is 16.1 Å². The molecular formula is C11H14N4O4S. The molecule has 0 atom stereocenters. The van der Waals surface area contributed by atoms with Crippen molar-refractivity contribution < 1.29 is 13.3 Å². The summed E-state index contributed by atoms with van der Waals surface area (Å²) in [5.74, 6) is -0.738. The van der Waals surface area contributed by atoms with Crippen LogP contribution < -0.4 is 0 Å². The van der Waals surface area contributed by atoms with Crippen molar-refractivity contribution in [2.75, 3.05) is 0 Å². The van der Waals surface area contributed by atoms with Gasteiger partial charge in [-0.2, -0.15) is 8.42 Å². The number of hydrogen-bond donors (Lipinski definition) is 2. The maximum Gasteiger partial charge on any atom is 0.430 e. The number of rotatable bonds is 1. The molecule has 1 heterocycles. The number of nitro groups is 1. The Bertz CT molecular complexity index is 730. The van der Waals surface area contributed by atoms with Crippen molar-refractivity contribution in [2.24, 2.45) is 0 Å². The first-order chi connectivity index (χ1) is 9.31. The molecule has 1 aromatic heterocycles. The minimum atomic E-state index is -2.67. The van der Waals surface area contributed by atoms with Crippen molar-refractivity contribution in [3.63, 3.8) is 0 Å². The van der Waals surface area contributed by atoms with Crippen molar-refractivity contribution in [1.29, 1.82) is 0 Å². The number of benzene rings is 1. The van der Waals surface area contributed by atoms with Crippen LogP contribution in [0.2, 0.25) is 0 Å². The van der Waals surface area contributed by atoms with E-state index in [4.69, 9.17) is 0 Å². The van der Waals surface area contributed by atoms with Gasteiger partial charge in [-0.3, -0.25) is 0 Å². The lowest BCUT2D eigenvalue weighted by atomic mass is 10.1. The van der Waals surface area contributed by atoms with Gasteiger partial charge in [-0.05, 0) is 25.7 Å². The number of aryl methyl sites for hydroxylation is 3. The summed E-state index contributed by atoms with van der Waals surface area (Å²) in [6.07, 6.45) is 0. The molecule has 8 nitrogen and oxygen atoms in total. The zero-order chi connectivity index (χ0) is 15.3. The van der Waals surface area contributed by atoms with E-state index < -0.39 is 25.7 Å². The normalized spacial score (nSPS) is 9.55. The van der Waals surface area contributed by atoms with Gasteiger partial charge in [0.25, 0.3) is 4.64 Å². The van der Waals surface area contributed by atoms with E-state index in [-0.39, 0.29) is 0 Å². The zero-order valence-electron chi connectivity index (χ0n) is 11.2. The van der Waals surface area contributed by atoms with Crippen LogP contribution in [0.4, 0.5) is 5.82 Å². The molecular weight excluding hydrogens is 284 g/mol. The van der Waals surface area contributed by atoms with Gasteiger partial charge >= 0.3 is 5.82 Å². The SMILES string of the molecule is Cc1cc(C)cc(C)c1.O=[N+]([O-])c1n[nH][nH]c1=S(=O)=O. The molecule has 0 unspecified atom stereocenters. The number of nitrogens with zero attached hydrogens (tertiary/aromatic N) is 2. The predicted octanol–water partition coefficient (Wildman–Crippen LogP) is 1.67. The highest BCUT2D eigenvalue weighted by Crippen LogP contribution is 2.06. The van der Waals surface area contributed by atoms with E-state index >= 15 is 0 Å². The van der Waals surface area contributed by atoms with Crippen LogP contribution in [-0.4, -0.2) is 28.8 Å². The smallest absolute Gasteiger partial charge is 0.358 e. The van der Waals surface area contributed by atoms with Crippen LogP contribution in [0.1, 0.15) is 16.7 Å². The first kappa shape index (κ1) is 15.6. The molecule has 1 aromatic carbocycles. The fourth-order valence-electron chi connectivity index (χ4n) is 1.68. The summed E-state index contributed by atoms with van der Waals surface area (Å²) in [5.41, 5.74) is 4.06. The predicted molar refractivity (Wildman–Crippen MR) is 72.4 cm³/mol. The maximum absolute atomic E-state index is 10.2. The standard InChI is InChI=1S/C9H12.C2H2N4O4S/c1-7-4-8(2)6-9(3)5-7;7-6(8)1-2(11(9)10)4-5-3-1/h4-6H,1-3H3;4-5H. The Morgan fingerprint density at radius 2 is 1.55 bits per heavy atom. The summed E-state index contributed by atoms with van der Waals surface area (Å²) in [6.45, 7) is 6.38. The Balaban J connectivity index is 0.000000204. The van der Waals surface area contributed by atoms with Crippen molar-refractivity contribution in [3.05, 3.63) is 49.6 Å². The molecule has 0 saturated carbocycles. The van der Waals surface area contributed by atoms with Crippen LogP contribution in [0.5, 0.6) is 0 Å². The Labute approximate surface area is 116 Å². The van der Waals surface area contributed by atoms with Gasteiger partial charge in [0.15, 0.2) is 0 Å². The third kappa shape index (κ3) is 4.35. The van der Waals surface area contributed by atoms with Crippen LogP contribution in [0.3, 0.4) is 0 Å². The summed E-state index contributed by atoms with van der Waals surface area (Å²) < 4.78 is 19.8. The van der Waals surface area contributed by atoms with Crippen LogP contribution in [0.15, 0.2) is 18.2 Å². The summed E-state index contributed by atoms with van der Waals surface area (Å²) >= 11 is 0. The second kappa shape index (κ2) is 6.66. The second-order valence-corrected chi connectivity index (χ2v) is 5.04. The van der Waals surface area contributed by atoms with E-state index in [0.717, 1.165) is 0 Å². The average molecular weight is 298 g/mol. The van der Waals surface area contributed by atoms with Gasteiger partial charge in [-0.25, -0.2) is 5.10 Å². The van der Waals surface area contributed by atoms with Gasteiger partial charge in [-0.1, -0.05) is 34.9 Å². The first-order valence-electron chi connectivity index (χ1n) is 5.56. The topological polar surface area (TPSA) is 122 Å². The van der Waals surface area contributed by atoms with E-state index in [1.54, 1.807) is 0 Å². The lowest BCUT2D eigenvalue weighted by molar-refractivity contribution is -0.390. The Kier molecular flexibility index (Phi) is 5.21. The number of nitrogens with one attached hydrogen (secondary N) is 2. The molecule has 108 valence electrons. The molecule has 0 radical (unpaired) electrons. The number of aromatic amines is 2. The lowest BCUT2D eigenvalue weighted by Gasteiger charge is -1.96. The Hall–Kier alpha value is -2.42. The summed E-state index contributed by atoms with van der Waals surface area (Å²) in [5, 5.41) is 17.0. The number of H-pyrrole nitrogens is 2. The fourth-order valence-corrected chi connectivity index (χ4v) is 2.08. The second-order valence-electron chi connectivity index (χ2n) is 4.16. The van der Waals surface area contributed by atoms with Crippen molar-refractivity contribution in [1.82, 2.24) is 15.4 Å². The van der Waals surface area contributed by atoms with Gasteiger partial charge in [0.2, 0.25) is 10.3 Å². The monoisotopic (exact) mass is 298 g/mol. The number of hydrogen-bond acceptors (Lipinski definition) is 5. The highest BCUT2D eigenvalue weighted by Gasteiger charge is 2.13. The highest BCUT2D eigenvalue weighted by atomic mass is 32.2.